The van der Waals surface area contributed by atoms with E-state index in [-0.39, 0.29) is 56.5 Å². The third kappa shape index (κ3) is 5.46. The number of para-hydroxylation sites is 1. The molecular weight excluding hydrogens is 528 g/mol. The van der Waals surface area contributed by atoms with Crippen LogP contribution in [-0.4, -0.2) is 74.8 Å². The molecule has 0 unspecified atom stereocenters. The number of hydroxylamine groups is 2. The van der Waals surface area contributed by atoms with Gasteiger partial charge in [-0.25, -0.2) is 18.6 Å². The number of carbonyl (C=O) groups excluding carboxylic acids is 3. The Kier molecular flexibility index (Phi) is 7.28. The molecule has 2 aliphatic heterocycles. The second-order valence-corrected chi connectivity index (χ2v) is 8.80. The first-order chi connectivity index (χ1) is 18.7. The first-order valence-corrected chi connectivity index (χ1v) is 11.9. The summed E-state index contributed by atoms with van der Waals surface area (Å²) in [6, 6.07) is 10.6. The molecule has 0 saturated carbocycles. The van der Waals surface area contributed by atoms with Crippen molar-refractivity contribution in [2.45, 2.75) is 12.5 Å². The molecule has 2 fully saturated rings. The summed E-state index contributed by atoms with van der Waals surface area (Å²) in [5.41, 5.74) is 0.0236. The normalized spacial score (nSPS) is 18.0. The van der Waals surface area contributed by atoms with E-state index in [9.17, 15) is 23.2 Å². The van der Waals surface area contributed by atoms with Crippen LogP contribution >= 0.6 is 0 Å². The fourth-order valence-corrected chi connectivity index (χ4v) is 4.38. The fourth-order valence-electron chi connectivity index (χ4n) is 4.38. The molecule has 3 amide bonds. The van der Waals surface area contributed by atoms with Crippen molar-refractivity contribution in [3.05, 3.63) is 59.9 Å². The Bertz CT molecular complexity index is 1360. The number of fused-ring (bicyclic) bond motifs is 1. The molecule has 2 aromatic carbocycles. The van der Waals surface area contributed by atoms with Gasteiger partial charge in [0.1, 0.15) is 17.4 Å². The van der Waals surface area contributed by atoms with Crippen LogP contribution in [0.15, 0.2) is 46.9 Å². The van der Waals surface area contributed by atoms with Gasteiger partial charge in [-0.3, -0.25) is 19.3 Å². The number of nitrogens with one attached hydrogen (secondary N) is 1. The number of alkyl halides is 2. The summed E-state index contributed by atoms with van der Waals surface area (Å²) in [4.78, 5) is 44.0. The molecular formula is C25H22F4N4O6. The zero-order valence-electron chi connectivity index (χ0n) is 20.2. The van der Waals surface area contributed by atoms with E-state index in [1.165, 1.54) is 4.90 Å². The van der Waals surface area contributed by atoms with Crippen molar-refractivity contribution in [1.29, 1.82) is 0 Å². The lowest BCUT2D eigenvalue weighted by Gasteiger charge is -2.24. The first-order valence-electron chi connectivity index (χ1n) is 11.9. The third-order valence-corrected chi connectivity index (χ3v) is 6.25. The van der Waals surface area contributed by atoms with E-state index < -0.39 is 42.1 Å². The smallest absolute Gasteiger partial charge is 0.414 e. The molecule has 0 bridgehead atoms. The lowest BCUT2D eigenvalue weighted by Crippen LogP contribution is -2.37. The fraction of sp³-hybridized carbons (Fsp3) is 0.320. The summed E-state index contributed by atoms with van der Waals surface area (Å²) < 4.78 is 65.6. The highest BCUT2D eigenvalue weighted by atomic mass is 19.3. The Balaban J connectivity index is 1.25. The van der Waals surface area contributed by atoms with Crippen LogP contribution in [0.1, 0.15) is 10.6 Å². The standard InChI is InChI=1S/C25H22F4N4O6/c26-17-10-15(32-13-16(38-25(32)36)12-30-23(34)22(28)29)11-18(27)21(17)31-5-6-33(37-8-7-31)24(35)20-9-14-3-1-2-4-19(14)39-20/h1-4,9-11,16,22H,5-8,12-13H2,(H,30,34)/t16-/m0/s1. The molecule has 1 N–H and O–H groups in total. The lowest BCUT2D eigenvalue weighted by atomic mass is 10.2. The SMILES string of the molecule is O=C(NC[C@H]1CN(c2cc(F)c(N3CCON(C(=O)c4cc5ccccc5o4)CC3)c(F)c2)C(=O)O1)C(F)F. The van der Waals surface area contributed by atoms with E-state index in [4.69, 9.17) is 14.0 Å². The second kappa shape index (κ2) is 10.8. The van der Waals surface area contributed by atoms with Crippen molar-refractivity contribution in [2.75, 3.05) is 49.1 Å². The molecule has 0 spiro atoms. The van der Waals surface area contributed by atoms with Crippen LogP contribution in [0.5, 0.6) is 0 Å². The maximum Gasteiger partial charge on any atom is 0.414 e. The van der Waals surface area contributed by atoms with Crippen LogP contribution in [0.25, 0.3) is 11.0 Å². The number of benzene rings is 2. The summed E-state index contributed by atoms with van der Waals surface area (Å²) in [7, 11) is 0. The number of rotatable bonds is 6. The number of amides is 3. The van der Waals surface area contributed by atoms with Gasteiger partial charge in [0.2, 0.25) is 0 Å². The van der Waals surface area contributed by atoms with Gasteiger partial charge >= 0.3 is 18.4 Å². The first kappa shape index (κ1) is 26.3. The number of hydrogen-bond donors (Lipinski definition) is 1. The monoisotopic (exact) mass is 550 g/mol. The molecule has 3 aromatic rings. The van der Waals surface area contributed by atoms with Crippen molar-refractivity contribution in [1.82, 2.24) is 10.4 Å². The summed E-state index contributed by atoms with van der Waals surface area (Å²) in [5, 5.41) is 3.75. The predicted molar refractivity (Wildman–Crippen MR) is 128 cm³/mol. The van der Waals surface area contributed by atoms with Gasteiger partial charge in [-0.15, -0.1) is 0 Å². The van der Waals surface area contributed by atoms with E-state index >= 15 is 8.78 Å². The van der Waals surface area contributed by atoms with E-state index in [1.807, 2.05) is 11.4 Å². The van der Waals surface area contributed by atoms with Crippen molar-refractivity contribution in [3.63, 3.8) is 0 Å². The number of carbonyl (C=O) groups is 3. The number of nitrogens with zero attached hydrogens (tertiary/aromatic N) is 3. The Morgan fingerprint density at radius 2 is 1.79 bits per heavy atom. The highest BCUT2D eigenvalue weighted by molar-refractivity contribution is 5.95. The summed E-state index contributed by atoms with van der Waals surface area (Å²) in [6.07, 6.45) is -5.15. The number of ether oxygens (including phenoxy) is 1. The highest BCUT2D eigenvalue weighted by Gasteiger charge is 2.35. The zero-order valence-corrected chi connectivity index (χ0v) is 20.2. The van der Waals surface area contributed by atoms with Crippen LogP contribution in [0.4, 0.5) is 33.7 Å². The summed E-state index contributed by atoms with van der Waals surface area (Å²) in [6.45, 7) is -0.549. The number of cyclic esters (lactones) is 1. The van der Waals surface area contributed by atoms with E-state index in [1.54, 1.807) is 24.3 Å². The predicted octanol–water partition coefficient (Wildman–Crippen LogP) is 3.31. The Morgan fingerprint density at radius 3 is 2.51 bits per heavy atom. The Morgan fingerprint density at radius 1 is 1.05 bits per heavy atom. The van der Waals surface area contributed by atoms with Gasteiger partial charge in [0.15, 0.2) is 17.4 Å². The Labute approximate surface area is 218 Å². The third-order valence-electron chi connectivity index (χ3n) is 6.25. The molecule has 1 aromatic heterocycles. The minimum Gasteiger partial charge on any atom is -0.451 e. The van der Waals surface area contributed by atoms with Gasteiger partial charge in [-0.05, 0) is 12.1 Å². The van der Waals surface area contributed by atoms with Crippen molar-refractivity contribution in [2.24, 2.45) is 0 Å². The van der Waals surface area contributed by atoms with Gasteiger partial charge in [-0.1, -0.05) is 18.2 Å². The highest BCUT2D eigenvalue weighted by Crippen LogP contribution is 2.31. The molecule has 0 radical (unpaired) electrons. The zero-order chi connectivity index (χ0) is 27.7. The topological polar surface area (TPSA) is 105 Å². The van der Waals surface area contributed by atoms with Gasteiger partial charge in [0.05, 0.1) is 31.9 Å². The molecule has 10 nitrogen and oxygen atoms in total. The second-order valence-electron chi connectivity index (χ2n) is 8.80. The molecule has 0 aliphatic carbocycles. The molecule has 206 valence electrons. The lowest BCUT2D eigenvalue weighted by molar-refractivity contribution is -0.132. The van der Waals surface area contributed by atoms with E-state index in [2.05, 4.69) is 0 Å². The molecule has 2 saturated heterocycles. The maximum absolute atomic E-state index is 15.2. The minimum atomic E-state index is -3.23. The average Bonchev–Trinajstić information content (AvgIpc) is 3.42. The summed E-state index contributed by atoms with van der Waals surface area (Å²) >= 11 is 0. The van der Waals surface area contributed by atoms with E-state index in [0.717, 1.165) is 27.5 Å². The van der Waals surface area contributed by atoms with Crippen molar-refractivity contribution < 1.29 is 45.9 Å². The molecule has 1 atom stereocenters. The van der Waals surface area contributed by atoms with Crippen LogP contribution < -0.4 is 15.1 Å². The average molecular weight is 550 g/mol. The van der Waals surface area contributed by atoms with Gasteiger partial charge < -0.3 is 19.4 Å². The minimum absolute atomic E-state index is 0.0129. The molecule has 39 heavy (non-hydrogen) atoms. The molecule has 3 heterocycles. The maximum atomic E-state index is 15.2. The van der Waals surface area contributed by atoms with Crippen LogP contribution in [0, 0.1) is 11.6 Å². The number of hydrogen-bond acceptors (Lipinski definition) is 7. The van der Waals surface area contributed by atoms with Crippen LogP contribution in [0.3, 0.4) is 0 Å². The van der Waals surface area contributed by atoms with E-state index in [0.29, 0.717) is 5.58 Å². The van der Waals surface area contributed by atoms with Gasteiger partial charge in [0.25, 0.3) is 5.91 Å². The number of halogens is 4. The molecule has 14 heteroatoms. The molecule has 5 rings (SSSR count). The van der Waals surface area contributed by atoms with Crippen molar-refractivity contribution >= 4 is 40.3 Å². The number of anilines is 2. The van der Waals surface area contributed by atoms with Gasteiger partial charge in [-0.2, -0.15) is 8.78 Å². The quantitative estimate of drug-likeness (QED) is 0.470. The molecule has 2 aliphatic rings. The number of furan rings is 1. The summed E-state index contributed by atoms with van der Waals surface area (Å²) in [5.74, 6) is -3.93. The van der Waals surface area contributed by atoms with Gasteiger partial charge in [0, 0.05) is 30.6 Å². The van der Waals surface area contributed by atoms with Crippen LogP contribution in [-0.2, 0) is 14.4 Å². The largest absolute Gasteiger partial charge is 0.451 e. The Hall–Kier alpha value is -4.33. The van der Waals surface area contributed by atoms with Crippen molar-refractivity contribution in [3.8, 4) is 0 Å². The van der Waals surface area contributed by atoms with Crippen LogP contribution in [0.2, 0.25) is 0 Å².